The second kappa shape index (κ2) is 10.9. The van der Waals surface area contributed by atoms with Gasteiger partial charge in [-0.1, -0.05) is 6.07 Å². The van der Waals surface area contributed by atoms with Crippen molar-refractivity contribution in [3.8, 4) is 17.6 Å². The van der Waals surface area contributed by atoms with Gasteiger partial charge in [0.1, 0.15) is 0 Å². The monoisotopic (exact) mass is 449 g/mol. The van der Waals surface area contributed by atoms with E-state index in [1.165, 1.54) is 12.8 Å². The normalized spacial score (nSPS) is 24.6. The van der Waals surface area contributed by atoms with Crippen molar-refractivity contribution in [2.45, 2.75) is 76.7 Å². The fraction of sp³-hybridized carbons (Fsp3) is 0.708. The van der Waals surface area contributed by atoms with Crippen LogP contribution in [0.3, 0.4) is 0 Å². The lowest BCUT2D eigenvalue weighted by Crippen LogP contribution is -2.31. The zero-order valence-electron chi connectivity index (χ0n) is 19.1. The fourth-order valence-corrected chi connectivity index (χ4v) is 6.99. The summed E-state index contributed by atoms with van der Waals surface area (Å²) in [6.45, 7) is 4.42. The summed E-state index contributed by atoms with van der Waals surface area (Å²) in [6.07, 6.45) is 8.27. The third-order valence-electron chi connectivity index (χ3n) is 6.62. The maximum absolute atomic E-state index is 12.9. The van der Waals surface area contributed by atoms with Gasteiger partial charge >= 0.3 is 7.60 Å². The van der Waals surface area contributed by atoms with Crippen LogP contribution in [0.15, 0.2) is 18.2 Å². The number of benzene rings is 1. The molecule has 0 saturated heterocycles. The van der Waals surface area contributed by atoms with E-state index in [1.54, 1.807) is 7.11 Å². The summed E-state index contributed by atoms with van der Waals surface area (Å²) in [5, 5.41) is 10.2. The lowest BCUT2D eigenvalue weighted by molar-refractivity contribution is 0.199. The first kappa shape index (κ1) is 24.1. The van der Waals surface area contributed by atoms with Crippen molar-refractivity contribution in [1.29, 1.82) is 5.26 Å². The van der Waals surface area contributed by atoms with Gasteiger partial charge in [0.15, 0.2) is 11.5 Å². The third kappa shape index (κ3) is 5.83. The largest absolute Gasteiger partial charge is 0.493 e. The van der Waals surface area contributed by atoms with E-state index in [1.807, 2.05) is 32.0 Å². The van der Waals surface area contributed by atoms with Gasteiger partial charge < -0.3 is 18.5 Å². The molecule has 0 heterocycles. The SMILES string of the molecule is CCOP(=O)(C[C@H]1CC[C@](C#N)(c2ccc(OC)c(OC3CCCC3)c2)CC1)OCC. The number of nitriles is 1. The Hall–Kier alpha value is -1.54. The first-order valence-corrected chi connectivity index (χ1v) is 13.3. The molecule has 6 nitrogen and oxygen atoms in total. The Labute approximate surface area is 186 Å². The quantitative estimate of drug-likeness (QED) is 0.394. The van der Waals surface area contributed by atoms with Crippen molar-refractivity contribution in [2.75, 3.05) is 26.5 Å². The molecule has 1 aromatic rings. The molecule has 172 valence electrons. The van der Waals surface area contributed by atoms with Gasteiger partial charge in [0, 0.05) is 0 Å². The van der Waals surface area contributed by atoms with Crippen molar-refractivity contribution < 1.29 is 23.1 Å². The van der Waals surface area contributed by atoms with Gasteiger partial charge in [-0.2, -0.15) is 5.26 Å². The molecule has 0 amide bonds. The van der Waals surface area contributed by atoms with E-state index in [0.717, 1.165) is 49.8 Å². The van der Waals surface area contributed by atoms with Crippen LogP contribution in [0.25, 0.3) is 0 Å². The van der Waals surface area contributed by atoms with Crippen LogP contribution >= 0.6 is 7.60 Å². The average Bonchev–Trinajstić information content (AvgIpc) is 3.28. The summed E-state index contributed by atoms with van der Waals surface area (Å²) < 4.78 is 35.6. The maximum atomic E-state index is 12.9. The topological polar surface area (TPSA) is 77.8 Å². The van der Waals surface area contributed by atoms with E-state index in [2.05, 4.69) is 6.07 Å². The van der Waals surface area contributed by atoms with Gasteiger partial charge in [-0.15, -0.1) is 0 Å². The predicted molar refractivity (Wildman–Crippen MR) is 121 cm³/mol. The average molecular weight is 450 g/mol. The van der Waals surface area contributed by atoms with Crippen LogP contribution in [0, 0.1) is 17.2 Å². The Balaban J connectivity index is 1.73. The second-order valence-electron chi connectivity index (χ2n) is 8.66. The fourth-order valence-electron chi connectivity index (χ4n) is 4.92. The number of hydrogen-bond donors (Lipinski definition) is 0. The molecule has 0 aliphatic heterocycles. The highest BCUT2D eigenvalue weighted by Gasteiger charge is 2.40. The Morgan fingerprint density at radius 3 is 2.26 bits per heavy atom. The number of rotatable bonds is 10. The second-order valence-corrected chi connectivity index (χ2v) is 10.8. The molecule has 0 atom stereocenters. The molecule has 0 bridgehead atoms. The van der Waals surface area contributed by atoms with Crippen molar-refractivity contribution >= 4 is 7.60 Å². The molecule has 0 unspecified atom stereocenters. The summed E-state index contributed by atoms with van der Waals surface area (Å²) >= 11 is 0. The first-order valence-electron chi connectivity index (χ1n) is 11.6. The van der Waals surface area contributed by atoms with E-state index in [0.29, 0.717) is 25.1 Å². The Bertz CT molecular complexity index is 797. The minimum Gasteiger partial charge on any atom is -0.493 e. The van der Waals surface area contributed by atoms with Gasteiger partial charge in [0.25, 0.3) is 0 Å². The van der Waals surface area contributed by atoms with Crippen molar-refractivity contribution in [1.82, 2.24) is 0 Å². The zero-order chi connectivity index (χ0) is 22.3. The van der Waals surface area contributed by atoms with Gasteiger partial charge in [-0.05, 0) is 88.8 Å². The molecule has 2 aliphatic carbocycles. The van der Waals surface area contributed by atoms with Crippen molar-refractivity contribution in [3.63, 3.8) is 0 Å². The van der Waals surface area contributed by atoms with Crippen LogP contribution < -0.4 is 9.47 Å². The summed E-state index contributed by atoms with van der Waals surface area (Å²) in [6, 6.07) is 8.52. The van der Waals surface area contributed by atoms with Crippen molar-refractivity contribution in [3.05, 3.63) is 23.8 Å². The van der Waals surface area contributed by atoms with E-state index in [9.17, 15) is 9.83 Å². The minimum absolute atomic E-state index is 0.226. The first-order chi connectivity index (χ1) is 15.0. The highest BCUT2D eigenvalue weighted by Crippen LogP contribution is 2.53. The van der Waals surface area contributed by atoms with Gasteiger partial charge in [-0.25, -0.2) is 0 Å². The standard InChI is InChI=1S/C24H36NO5P/c1-4-28-31(26,29-5-2)17-19-12-14-24(18-25,15-13-19)20-10-11-22(27-3)23(16-20)30-21-8-6-7-9-21/h10-11,16,19,21H,4-9,12-15,17H2,1-3H3/t19-,24-. The molecule has 31 heavy (non-hydrogen) atoms. The van der Waals surface area contributed by atoms with Crippen LogP contribution in [0.5, 0.6) is 11.5 Å². The van der Waals surface area contributed by atoms with Crippen LogP contribution in [0.2, 0.25) is 0 Å². The molecule has 0 radical (unpaired) electrons. The lowest BCUT2D eigenvalue weighted by Gasteiger charge is -2.36. The highest BCUT2D eigenvalue weighted by atomic mass is 31.2. The summed E-state index contributed by atoms with van der Waals surface area (Å²) in [4.78, 5) is 0. The number of methoxy groups -OCH3 is 1. The van der Waals surface area contributed by atoms with Crippen LogP contribution in [-0.4, -0.2) is 32.6 Å². The molecule has 0 N–H and O–H groups in total. The molecular formula is C24H36NO5P. The molecule has 2 fully saturated rings. The molecular weight excluding hydrogens is 413 g/mol. The van der Waals surface area contributed by atoms with Crippen LogP contribution in [-0.2, 0) is 19.0 Å². The molecule has 1 aromatic carbocycles. The molecule has 2 aliphatic rings. The van der Waals surface area contributed by atoms with Crippen LogP contribution in [0.4, 0.5) is 0 Å². The summed E-state index contributed by atoms with van der Waals surface area (Å²) in [7, 11) is -1.42. The van der Waals surface area contributed by atoms with E-state index >= 15 is 0 Å². The third-order valence-corrected chi connectivity index (χ3v) is 8.88. The van der Waals surface area contributed by atoms with E-state index in [4.69, 9.17) is 18.5 Å². The molecule has 2 saturated carbocycles. The van der Waals surface area contributed by atoms with E-state index < -0.39 is 13.0 Å². The molecule has 0 spiro atoms. The van der Waals surface area contributed by atoms with E-state index in [-0.39, 0.29) is 12.0 Å². The molecule has 7 heteroatoms. The summed E-state index contributed by atoms with van der Waals surface area (Å²) in [5.41, 5.74) is 0.428. The Morgan fingerprint density at radius 2 is 1.71 bits per heavy atom. The Kier molecular flexibility index (Phi) is 8.44. The van der Waals surface area contributed by atoms with Crippen LogP contribution in [0.1, 0.15) is 70.8 Å². The van der Waals surface area contributed by atoms with Gasteiger partial charge in [0.2, 0.25) is 0 Å². The smallest absolute Gasteiger partial charge is 0.330 e. The zero-order valence-corrected chi connectivity index (χ0v) is 20.0. The maximum Gasteiger partial charge on any atom is 0.330 e. The molecule has 0 aromatic heterocycles. The Morgan fingerprint density at radius 1 is 1.06 bits per heavy atom. The number of ether oxygens (including phenoxy) is 2. The predicted octanol–water partition coefficient (Wildman–Crippen LogP) is 6.23. The van der Waals surface area contributed by atoms with Gasteiger partial charge in [0.05, 0.1) is 44.1 Å². The lowest BCUT2D eigenvalue weighted by atomic mass is 9.68. The van der Waals surface area contributed by atoms with Gasteiger partial charge in [-0.3, -0.25) is 4.57 Å². The van der Waals surface area contributed by atoms with Crippen molar-refractivity contribution in [2.24, 2.45) is 5.92 Å². The summed E-state index contributed by atoms with van der Waals surface area (Å²) in [5.74, 6) is 1.69. The highest BCUT2D eigenvalue weighted by molar-refractivity contribution is 7.53. The number of nitrogens with zero attached hydrogens (tertiary/aromatic N) is 1. The minimum atomic E-state index is -3.07. The number of hydrogen-bond acceptors (Lipinski definition) is 6. The molecule has 3 rings (SSSR count).